The van der Waals surface area contributed by atoms with Gasteiger partial charge in [-0.2, -0.15) is 0 Å². The van der Waals surface area contributed by atoms with E-state index in [4.69, 9.17) is 10.5 Å². The molecule has 2 N–H and O–H groups in total. The molecule has 0 radical (unpaired) electrons. The van der Waals surface area contributed by atoms with Crippen molar-refractivity contribution in [2.75, 3.05) is 13.2 Å². The summed E-state index contributed by atoms with van der Waals surface area (Å²) in [4.78, 5) is 0. The molecule has 4 heteroatoms. The zero-order valence-corrected chi connectivity index (χ0v) is 13.4. The lowest BCUT2D eigenvalue weighted by atomic mass is 9.97. The van der Waals surface area contributed by atoms with E-state index >= 15 is 0 Å². The van der Waals surface area contributed by atoms with Crippen molar-refractivity contribution in [1.29, 1.82) is 0 Å². The van der Waals surface area contributed by atoms with Crippen LogP contribution in [0.2, 0.25) is 0 Å². The molecule has 2 aromatic rings. The minimum atomic E-state index is -0.207. The summed E-state index contributed by atoms with van der Waals surface area (Å²) in [6.07, 6.45) is 1.73. The first kappa shape index (κ1) is 16.0. The van der Waals surface area contributed by atoms with Gasteiger partial charge in [-0.1, -0.05) is 28.1 Å². The highest BCUT2D eigenvalue weighted by molar-refractivity contribution is 9.10. The van der Waals surface area contributed by atoms with Crippen LogP contribution < -0.4 is 10.5 Å². The van der Waals surface area contributed by atoms with Gasteiger partial charge < -0.3 is 10.5 Å². The van der Waals surface area contributed by atoms with E-state index in [0.29, 0.717) is 19.1 Å². The summed E-state index contributed by atoms with van der Waals surface area (Å²) >= 11 is 3.39. The highest BCUT2D eigenvalue weighted by Crippen LogP contribution is 2.17. The predicted octanol–water partition coefficient (Wildman–Crippen LogP) is 4.17. The molecule has 0 aromatic heterocycles. The molecule has 0 aliphatic carbocycles. The molecule has 0 fully saturated rings. The van der Waals surface area contributed by atoms with Crippen molar-refractivity contribution in [1.82, 2.24) is 0 Å². The number of rotatable bonds is 7. The van der Waals surface area contributed by atoms with Crippen molar-refractivity contribution in [2.45, 2.75) is 12.8 Å². The number of nitrogens with two attached hydrogens (primary N) is 1. The summed E-state index contributed by atoms with van der Waals surface area (Å²) in [6.45, 7) is 1.23. The van der Waals surface area contributed by atoms with Crippen LogP contribution in [0.1, 0.15) is 12.0 Å². The lowest BCUT2D eigenvalue weighted by Crippen LogP contribution is -2.19. The Kier molecular flexibility index (Phi) is 6.21. The number of halogens is 2. The molecule has 0 saturated heterocycles. The summed E-state index contributed by atoms with van der Waals surface area (Å²) < 4.78 is 19.6. The number of hydrogen-bond acceptors (Lipinski definition) is 2. The van der Waals surface area contributed by atoms with E-state index in [1.807, 2.05) is 36.4 Å². The predicted molar refractivity (Wildman–Crippen MR) is 86.9 cm³/mol. The number of ether oxygens (including phenoxy) is 1. The molecular weight excluding hydrogens is 333 g/mol. The van der Waals surface area contributed by atoms with Crippen molar-refractivity contribution in [3.63, 3.8) is 0 Å². The second kappa shape index (κ2) is 8.15. The van der Waals surface area contributed by atoms with Crippen molar-refractivity contribution in [3.8, 4) is 5.75 Å². The summed E-state index contributed by atoms with van der Waals surface area (Å²) in [7, 11) is 0. The molecule has 0 amide bonds. The standard InChI is InChI=1S/C17H19BrFNO/c18-15-3-7-17(8-4-15)21-10-9-14(12-20)11-13-1-5-16(19)6-2-13/h1-8,14H,9-12,20H2. The first-order chi connectivity index (χ1) is 10.2. The maximum atomic E-state index is 12.9. The Balaban J connectivity index is 1.79. The molecule has 1 unspecified atom stereocenters. The summed E-state index contributed by atoms with van der Waals surface area (Å²) in [5, 5.41) is 0. The average Bonchev–Trinajstić information content (AvgIpc) is 2.50. The van der Waals surface area contributed by atoms with Crippen molar-refractivity contribution < 1.29 is 9.13 Å². The van der Waals surface area contributed by atoms with Crippen LogP contribution in [0.3, 0.4) is 0 Å². The van der Waals surface area contributed by atoms with Gasteiger partial charge in [0, 0.05) is 4.47 Å². The van der Waals surface area contributed by atoms with Gasteiger partial charge in [-0.3, -0.25) is 0 Å². The summed E-state index contributed by atoms with van der Waals surface area (Å²) in [5.74, 6) is 0.989. The molecule has 21 heavy (non-hydrogen) atoms. The van der Waals surface area contributed by atoms with Crippen LogP contribution in [0.4, 0.5) is 4.39 Å². The monoisotopic (exact) mass is 351 g/mol. The highest BCUT2D eigenvalue weighted by atomic mass is 79.9. The fourth-order valence-electron chi connectivity index (χ4n) is 2.13. The van der Waals surface area contributed by atoms with E-state index in [9.17, 15) is 4.39 Å². The fourth-order valence-corrected chi connectivity index (χ4v) is 2.40. The molecule has 0 aliphatic rings. The van der Waals surface area contributed by atoms with Crippen LogP contribution in [-0.2, 0) is 6.42 Å². The molecule has 2 rings (SSSR count). The second-order valence-corrected chi connectivity index (χ2v) is 5.94. The number of benzene rings is 2. The third-order valence-electron chi connectivity index (χ3n) is 3.38. The van der Waals surface area contributed by atoms with E-state index in [1.54, 1.807) is 0 Å². The van der Waals surface area contributed by atoms with Crippen molar-refractivity contribution >= 4 is 15.9 Å². The first-order valence-corrected chi connectivity index (χ1v) is 7.79. The SMILES string of the molecule is NCC(CCOc1ccc(Br)cc1)Cc1ccc(F)cc1. The quantitative estimate of drug-likeness (QED) is 0.812. The van der Waals surface area contributed by atoms with Crippen LogP contribution >= 0.6 is 15.9 Å². The molecule has 0 heterocycles. The Bertz CT molecular complexity index is 542. The molecule has 2 aromatic carbocycles. The zero-order chi connectivity index (χ0) is 15.1. The smallest absolute Gasteiger partial charge is 0.123 e. The lowest BCUT2D eigenvalue weighted by molar-refractivity contribution is 0.279. The maximum Gasteiger partial charge on any atom is 0.123 e. The Morgan fingerprint density at radius 2 is 1.71 bits per heavy atom. The molecule has 112 valence electrons. The highest BCUT2D eigenvalue weighted by Gasteiger charge is 2.08. The molecule has 0 saturated carbocycles. The van der Waals surface area contributed by atoms with Crippen molar-refractivity contribution in [3.05, 3.63) is 64.4 Å². The van der Waals surface area contributed by atoms with Gasteiger partial charge in [0.25, 0.3) is 0 Å². The molecular formula is C17H19BrFNO. The molecule has 1 atom stereocenters. The Morgan fingerprint density at radius 1 is 1.05 bits per heavy atom. The zero-order valence-electron chi connectivity index (χ0n) is 11.8. The van der Waals surface area contributed by atoms with Crippen LogP contribution in [0, 0.1) is 11.7 Å². The van der Waals surface area contributed by atoms with Crippen LogP contribution in [-0.4, -0.2) is 13.2 Å². The van der Waals surface area contributed by atoms with Gasteiger partial charge in [0.05, 0.1) is 6.61 Å². The Hall–Kier alpha value is -1.39. The molecule has 0 spiro atoms. The second-order valence-electron chi connectivity index (χ2n) is 5.02. The van der Waals surface area contributed by atoms with E-state index in [-0.39, 0.29) is 5.82 Å². The largest absolute Gasteiger partial charge is 0.494 e. The van der Waals surface area contributed by atoms with Gasteiger partial charge in [-0.15, -0.1) is 0 Å². The Labute approximate surface area is 133 Å². The topological polar surface area (TPSA) is 35.2 Å². The minimum absolute atomic E-state index is 0.207. The van der Waals surface area contributed by atoms with Crippen molar-refractivity contribution in [2.24, 2.45) is 11.7 Å². The minimum Gasteiger partial charge on any atom is -0.494 e. The Morgan fingerprint density at radius 3 is 2.33 bits per heavy atom. The van der Waals surface area contributed by atoms with Crippen LogP contribution in [0.15, 0.2) is 53.0 Å². The van der Waals surface area contributed by atoms with Gasteiger partial charge in [0.15, 0.2) is 0 Å². The molecule has 2 nitrogen and oxygen atoms in total. The van der Waals surface area contributed by atoms with Crippen LogP contribution in [0.5, 0.6) is 5.75 Å². The van der Waals surface area contributed by atoms with E-state index < -0.39 is 0 Å². The van der Waals surface area contributed by atoms with E-state index in [1.165, 1.54) is 12.1 Å². The molecule has 0 bridgehead atoms. The maximum absolute atomic E-state index is 12.9. The summed E-state index contributed by atoms with van der Waals surface area (Å²) in [5.41, 5.74) is 6.92. The van der Waals surface area contributed by atoms with Crippen LogP contribution in [0.25, 0.3) is 0 Å². The third kappa shape index (κ3) is 5.48. The normalized spacial score (nSPS) is 12.1. The van der Waals surface area contributed by atoms with E-state index in [2.05, 4.69) is 15.9 Å². The van der Waals surface area contributed by atoms with Gasteiger partial charge in [-0.05, 0) is 67.3 Å². The lowest BCUT2D eigenvalue weighted by Gasteiger charge is -2.15. The van der Waals surface area contributed by atoms with E-state index in [0.717, 1.165) is 28.6 Å². The third-order valence-corrected chi connectivity index (χ3v) is 3.91. The first-order valence-electron chi connectivity index (χ1n) is 7.00. The van der Waals surface area contributed by atoms with Gasteiger partial charge in [0.2, 0.25) is 0 Å². The van der Waals surface area contributed by atoms with Gasteiger partial charge in [-0.25, -0.2) is 4.39 Å². The van der Waals surface area contributed by atoms with Gasteiger partial charge in [0.1, 0.15) is 11.6 Å². The molecule has 0 aliphatic heterocycles. The average molecular weight is 352 g/mol. The number of hydrogen-bond donors (Lipinski definition) is 1. The van der Waals surface area contributed by atoms with Gasteiger partial charge >= 0.3 is 0 Å². The fraction of sp³-hybridized carbons (Fsp3) is 0.294. The summed E-state index contributed by atoms with van der Waals surface area (Å²) in [6, 6.07) is 14.4.